The number of benzodiazepines with no additional fused rings is 1. The summed E-state index contributed by atoms with van der Waals surface area (Å²) in [5, 5.41) is 1.81. The number of fused-ring (bicyclic) bond motifs is 1. The molecule has 166 valence electrons. The van der Waals surface area contributed by atoms with Gasteiger partial charge in [0.15, 0.2) is 0 Å². The molecule has 1 N–H and O–H groups in total. The van der Waals surface area contributed by atoms with Gasteiger partial charge in [-0.25, -0.2) is 9.79 Å². The summed E-state index contributed by atoms with van der Waals surface area (Å²) in [5.74, 6) is -0.598. The predicted octanol–water partition coefficient (Wildman–Crippen LogP) is 3.89. The molecule has 2 amide bonds. The number of hydrogen-bond acceptors (Lipinski definition) is 5. The molecule has 0 aliphatic carbocycles. The number of ether oxygens (including phenoxy) is 1. The first-order valence-electron chi connectivity index (χ1n) is 10.2. The third-order valence-corrected chi connectivity index (χ3v) is 5.12. The highest BCUT2D eigenvalue weighted by Gasteiger charge is 2.34. The average Bonchev–Trinajstić information content (AvgIpc) is 2.94. The van der Waals surface area contributed by atoms with Gasteiger partial charge in [0.1, 0.15) is 13.2 Å². The Hall–Kier alpha value is -3.97. The van der Waals surface area contributed by atoms with Gasteiger partial charge < -0.3 is 4.74 Å². The molecule has 1 aliphatic rings. The Morgan fingerprint density at radius 1 is 0.939 bits per heavy atom. The van der Waals surface area contributed by atoms with Crippen molar-refractivity contribution in [3.8, 4) is 0 Å². The van der Waals surface area contributed by atoms with Gasteiger partial charge in [-0.1, -0.05) is 78.9 Å². The fourth-order valence-corrected chi connectivity index (χ4v) is 3.63. The zero-order valence-corrected chi connectivity index (χ0v) is 18.2. The minimum atomic E-state index is -1.31. The largest absolute Gasteiger partial charge is 0.445 e. The summed E-state index contributed by atoms with van der Waals surface area (Å²) < 4.78 is 5.27. The van der Waals surface area contributed by atoms with Crippen LogP contribution in [0.4, 0.5) is 10.5 Å². The molecule has 0 saturated heterocycles. The van der Waals surface area contributed by atoms with Gasteiger partial charge in [-0.15, -0.1) is 0 Å². The standard InChI is InChI=1S/C25H20ClN3O4/c26-21(30)15-29-20-14-8-7-13-19(20)22(18-11-5-2-6-12-18)27-23(24(29)31)28-25(32)33-16-17-9-3-1-4-10-17/h1-14,23H,15-16H2,(H,28,32). The molecule has 8 heteroatoms. The van der Waals surface area contributed by atoms with Gasteiger partial charge in [-0.2, -0.15) is 0 Å². The summed E-state index contributed by atoms with van der Waals surface area (Å²) in [6.07, 6.45) is -2.12. The quantitative estimate of drug-likeness (QED) is 0.564. The Balaban J connectivity index is 1.68. The Bertz CT molecular complexity index is 1200. The van der Waals surface area contributed by atoms with Crippen molar-refractivity contribution in [3.63, 3.8) is 0 Å². The highest BCUT2D eigenvalue weighted by molar-refractivity contribution is 6.64. The average molecular weight is 462 g/mol. The Labute approximate surface area is 195 Å². The zero-order chi connectivity index (χ0) is 23.2. The smallest absolute Gasteiger partial charge is 0.409 e. The molecule has 1 atom stereocenters. The van der Waals surface area contributed by atoms with E-state index in [1.54, 1.807) is 18.2 Å². The van der Waals surface area contributed by atoms with E-state index in [1.807, 2.05) is 66.7 Å². The number of hydrogen-bond donors (Lipinski definition) is 1. The van der Waals surface area contributed by atoms with Crippen LogP contribution in [0.3, 0.4) is 0 Å². The second kappa shape index (κ2) is 10.1. The number of rotatable bonds is 6. The Morgan fingerprint density at radius 3 is 2.27 bits per heavy atom. The maximum absolute atomic E-state index is 13.4. The van der Waals surface area contributed by atoms with Crippen molar-refractivity contribution in [1.82, 2.24) is 5.32 Å². The lowest BCUT2D eigenvalue weighted by atomic mass is 10.0. The van der Waals surface area contributed by atoms with Gasteiger partial charge >= 0.3 is 6.09 Å². The second-order valence-electron chi connectivity index (χ2n) is 7.25. The van der Waals surface area contributed by atoms with Gasteiger partial charge in [0, 0.05) is 11.1 Å². The summed E-state index contributed by atoms with van der Waals surface area (Å²) in [7, 11) is 0. The number of amides is 2. The number of aliphatic imine (C=N–C) groups is 1. The lowest BCUT2D eigenvalue weighted by Gasteiger charge is -2.23. The molecule has 3 aromatic rings. The molecule has 4 rings (SSSR count). The third-order valence-electron chi connectivity index (χ3n) is 5.01. The van der Waals surface area contributed by atoms with E-state index < -0.39 is 23.4 Å². The van der Waals surface area contributed by atoms with E-state index in [1.165, 1.54) is 4.90 Å². The first-order valence-corrected chi connectivity index (χ1v) is 10.6. The van der Waals surface area contributed by atoms with Crippen LogP contribution in [0.5, 0.6) is 0 Å². The summed E-state index contributed by atoms with van der Waals surface area (Å²) in [6.45, 7) is -0.334. The number of halogens is 1. The number of anilines is 1. The van der Waals surface area contributed by atoms with Crippen LogP contribution >= 0.6 is 11.6 Å². The number of carbonyl (C=O) groups is 3. The normalized spacial score (nSPS) is 15.2. The van der Waals surface area contributed by atoms with Crippen LogP contribution in [0.1, 0.15) is 16.7 Å². The van der Waals surface area contributed by atoms with E-state index in [9.17, 15) is 14.4 Å². The minimum Gasteiger partial charge on any atom is -0.445 e. The number of carbonyl (C=O) groups excluding carboxylic acids is 3. The van der Waals surface area contributed by atoms with Crippen LogP contribution in [-0.4, -0.2) is 35.7 Å². The number of para-hydroxylation sites is 1. The molecule has 0 spiro atoms. The van der Waals surface area contributed by atoms with E-state index in [0.717, 1.165) is 11.1 Å². The monoisotopic (exact) mass is 461 g/mol. The number of benzene rings is 3. The van der Waals surface area contributed by atoms with E-state index in [-0.39, 0.29) is 13.2 Å². The molecule has 3 aromatic carbocycles. The fourth-order valence-electron chi connectivity index (χ4n) is 3.51. The lowest BCUT2D eigenvalue weighted by molar-refractivity contribution is -0.121. The van der Waals surface area contributed by atoms with Crippen molar-refractivity contribution in [1.29, 1.82) is 0 Å². The molecule has 0 bridgehead atoms. The fraction of sp³-hybridized carbons (Fsp3) is 0.120. The molecular formula is C25H20ClN3O4. The molecule has 0 aromatic heterocycles. The van der Waals surface area contributed by atoms with Crippen LogP contribution in [0.2, 0.25) is 0 Å². The van der Waals surface area contributed by atoms with Crippen molar-refractivity contribution in [2.45, 2.75) is 12.8 Å². The molecule has 7 nitrogen and oxygen atoms in total. The van der Waals surface area contributed by atoms with Crippen molar-refractivity contribution < 1.29 is 19.1 Å². The van der Waals surface area contributed by atoms with E-state index in [4.69, 9.17) is 16.3 Å². The van der Waals surface area contributed by atoms with Gasteiger partial charge in [-0.3, -0.25) is 19.8 Å². The Morgan fingerprint density at radius 2 is 1.58 bits per heavy atom. The van der Waals surface area contributed by atoms with Gasteiger partial charge in [0.2, 0.25) is 11.4 Å². The summed E-state index contributed by atoms with van der Waals surface area (Å²) >= 11 is 5.64. The number of nitrogens with one attached hydrogen (secondary N) is 1. The van der Waals surface area contributed by atoms with Crippen molar-refractivity contribution in [3.05, 3.63) is 102 Å². The van der Waals surface area contributed by atoms with E-state index >= 15 is 0 Å². The topological polar surface area (TPSA) is 88.1 Å². The molecule has 0 radical (unpaired) electrons. The van der Waals surface area contributed by atoms with Gasteiger partial charge in [0.25, 0.3) is 5.91 Å². The third kappa shape index (κ3) is 5.27. The van der Waals surface area contributed by atoms with Crippen LogP contribution in [-0.2, 0) is 20.9 Å². The van der Waals surface area contributed by atoms with Crippen LogP contribution in [0.15, 0.2) is 89.9 Å². The van der Waals surface area contributed by atoms with E-state index in [0.29, 0.717) is 17.0 Å². The molecule has 33 heavy (non-hydrogen) atoms. The van der Waals surface area contributed by atoms with Crippen molar-refractivity contribution in [2.24, 2.45) is 4.99 Å². The van der Waals surface area contributed by atoms with Crippen molar-refractivity contribution in [2.75, 3.05) is 11.4 Å². The first kappa shape index (κ1) is 22.2. The van der Waals surface area contributed by atoms with Crippen LogP contribution in [0, 0.1) is 0 Å². The SMILES string of the molecule is O=C(Cl)CN1C(=O)C(NC(=O)OCc2ccccc2)N=C(c2ccccc2)c2ccccc21. The highest BCUT2D eigenvalue weighted by atomic mass is 35.5. The minimum absolute atomic E-state index is 0.0347. The van der Waals surface area contributed by atoms with Crippen molar-refractivity contribution >= 4 is 40.2 Å². The summed E-state index contributed by atoms with van der Waals surface area (Å²) in [4.78, 5) is 43.4. The van der Waals surface area contributed by atoms with E-state index in [2.05, 4.69) is 10.3 Å². The number of alkyl carbamates (subject to hydrolysis) is 1. The van der Waals surface area contributed by atoms with Gasteiger partial charge in [-0.05, 0) is 23.2 Å². The summed E-state index contributed by atoms with van der Waals surface area (Å²) in [5.41, 5.74) is 3.16. The second-order valence-corrected chi connectivity index (χ2v) is 7.67. The molecule has 1 aliphatic heterocycles. The Kier molecular flexibility index (Phi) is 6.80. The van der Waals surface area contributed by atoms with Crippen LogP contribution < -0.4 is 10.2 Å². The zero-order valence-electron chi connectivity index (χ0n) is 17.5. The molecular weight excluding hydrogens is 442 g/mol. The highest BCUT2D eigenvalue weighted by Crippen LogP contribution is 2.28. The predicted molar refractivity (Wildman–Crippen MR) is 125 cm³/mol. The maximum atomic E-state index is 13.4. The molecule has 0 saturated carbocycles. The summed E-state index contributed by atoms with van der Waals surface area (Å²) in [6, 6.07) is 25.5. The van der Waals surface area contributed by atoms with Crippen LogP contribution in [0.25, 0.3) is 0 Å². The molecule has 1 heterocycles. The maximum Gasteiger partial charge on any atom is 0.409 e. The molecule has 0 fully saturated rings. The number of nitrogens with zero attached hydrogens (tertiary/aromatic N) is 2. The lowest BCUT2D eigenvalue weighted by Crippen LogP contribution is -2.48. The first-order chi connectivity index (χ1) is 16.0. The molecule has 1 unspecified atom stereocenters. The van der Waals surface area contributed by atoms with Gasteiger partial charge in [0.05, 0.1) is 11.4 Å².